The molecule has 0 aromatic rings. The molecule has 1 nitrogen and oxygen atoms in total. The second-order valence-corrected chi connectivity index (χ2v) is 11.3. The number of allylic oxidation sites excluding steroid dienone is 8. The Kier molecular flexibility index (Phi) is 5.33. The average Bonchev–Trinajstić information content (AvgIpc) is 3.03. The van der Waals surface area contributed by atoms with E-state index in [0.717, 1.165) is 18.8 Å². The monoisotopic (exact) mass is 392 g/mol. The first-order valence-electron chi connectivity index (χ1n) is 12.0. The van der Waals surface area contributed by atoms with Gasteiger partial charge in [-0.05, 0) is 89.7 Å². The summed E-state index contributed by atoms with van der Waals surface area (Å²) in [6.07, 6.45) is 18.5. The normalized spacial score (nSPS) is 38.7. The molecule has 1 fully saturated rings. The van der Waals surface area contributed by atoms with Crippen molar-refractivity contribution in [1.29, 1.82) is 0 Å². The van der Waals surface area contributed by atoms with Gasteiger partial charge >= 0.3 is 0 Å². The van der Waals surface area contributed by atoms with Crippen molar-refractivity contribution >= 4 is 5.78 Å². The molecule has 6 atom stereocenters. The summed E-state index contributed by atoms with van der Waals surface area (Å²) in [6.45, 7) is 14.4. The summed E-state index contributed by atoms with van der Waals surface area (Å²) in [5, 5.41) is 0. The summed E-state index contributed by atoms with van der Waals surface area (Å²) in [4.78, 5) is 12.0. The highest BCUT2D eigenvalue weighted by Crippen LogP contribution is 2.63. The van der Waals surface area contributed by atoms with E-state index in [1.54, 1.807) is 11.1 Å². The molecule has 0 heterocycles. The van der Waals surface area contributed by atoms with E-state index in [0.29, 0.717) is 34.9 Å². The fourth-order valence-corrected chi connectivity index (χ4v) is 6.91. The summed E-state index contributed by atoms with van der Waals surface area (Å²) >= 11 is 0. The minimum atomic E-state index is 0.169. The van der Waals surface area contributed by atoms with Gasteiger partial charge in [0.1, 0.15) is 0 Å². The van der Waals surface area contributed by atoms with Crippen LogP contribution in [0.5, 0.6) is 0 Å². The SMILES string of the molecule is CC(C)[C@@H](C)/C=C/[C@H](C)[C@H]1CCC2=C3C=CC4=CC(=O)CC[C@]4(C)[C@H]3CC[C@@]21C. The zero-order chi connectivity index (χ0) is 21.0. The van der Waals surface area contributed by atoms with Gasteiger partial charge in [0.05, 0.1) is 0 Å². The van der Waals surface area contributed by atoms with Crippen molar-refractivity contribution in [3.05, 3.63) is 47.1 Å². The molecule has 158 valence electrons. The number of carbonyl (C=O) groups is 1. The van der Waals surface area contributed by atoms with Gasteiger partial charge in [0.2, 0.25) is 0 Å². The summed E-state index contributed by atoms with van der Waals surface area (Å²) < 4.78 is 0. The van der Waals surface area contributed by atoms with Crippen molar-refractivity contribution in [2.75, 3.05) is 0 Å². The largest absolute Gasteiger partial charge is 0.295 e. The van der Waals surface area contributed by atoms with Crippen LogP contribution in [0.25, 0.3) is 0 Å². The second kappa shape index (κ2) is 7.40. The Hall–Kier alpha value is -1.37. The molecule has 1 saturated carbocycles. The molecule has 29 heavy (non-hydrogen) atoms. The van der Waals surface area contributed by atoms with Gasteiger partial charge in [0.15, 0.2) is 5.78 Å². The highest BCUT2D eigenvalue weighted by molar-refractivity contribution is 5.92. The van der Waals surface area contributed by atoms with Gasteiger partial charge in [-0.15, -0.1) is 0 Å². The predicted octanol–water partition coefficient (Wildman–Crippen LogP) is 7.46. The Morgan fingerprint density at radius 3 is 2.45 bits per heavy atom. The minimum Gasteiger partial charge on any atom is -0.295 e. The van der Waals surface area contributed by atoms with Crippen LogP contribution in [0.4, 0.5) is 0 Å². The van der Waals surface area contributed by atoms with E-state index in [2.05, 4.69) is 65.8 Å². The predicted molar refractivity (Wildman–Crippen MR) is 122 cm³/mol. The minimum absolute atomic E-state index is 0.169. The van der Waals surface area contributed by atoms with Gasteiger partial charge in [-0.3, -0.25) is 4.79 Å². The lowest BCUT2D eigenvalue weighted by Crippen LogP contribution is -2.41. The first-order valence-corrected chi connectivity index (χ1v) is 12.0. The molecule has 0 aromatic heterocycles. The van der Waals surface area contributed by atoms with E-state index >= 15 is 0 Å². The topological polar surface area (TPSA) is 17.1 Å². The summed E-state index contributed by atoms with van der Waals surface area (Å²) in [6, 6.07) is 0. The van der Waals surface area contributed by atoms with Crippen LogP contribution in [-0.2, 0) is 4.79 Å². The fourth-order valence-electron chi connectivity index (χ4n) is 6.91. The molecule has 0 bridgehead atoms. The van der Waals surface area contributed by atoms with E-state index in [1.807, 2.05) is 6.08 Å². The van der Waals surface area contributed by atoms with Crippen LogP contribution >= 0.6 is 0 Å². The number of hydrogen-bond donors (Lipinski definition) is 0. The standard InChI is InChI=1S/C28H40O/c1-18(2)19(3)7-8-20(4)24-11-12-25-23-10-9-21-17-22(29)13-15-27(21,5)26(23)14-16-28(24,25)6/h7-10,17-20,24,26H,11-16H2,1-6H3/b8-7+/t19-,20-,24+,26-,27-,28+/m0/s1. The van der Waals surface area contributed by atoms with Crippen LogP contribution in [-0.4, -0.2) is 5.78 Å². The Balaban J connectivity index is 1.65. The van der Waals surface area contributed by atoms with Crippen LogP contribution in [0.1, 0.15) is 80.1 Å². The molecule has 0 radical (unpaired) electrons. The lowest BCUT2D eigenvalue weighted by molar-refractivity contribution is -0.116. The van der Waals surface area contributed by atoms with Crippen molar-refractivity contribution in [2.45, 2.75) is 80.1 Å². The van der Waals surface area contributed by atoms with Crippen molar-refractivity contribution in [3.63, 3.8) is 0 Å². The van der Waals surface area contributed by atoms with Gasteiger partial charge < -0.3 is 0 Å². The Morgan fingerprint density at radius 1 is 0.966 bits per heavy atom. The molecule has 0 amide bonds. The highest BCUT2D eigenvalue weighted by Gasteiger charge is 2.53. The van der Waals surface area contributed by atoms with Gasteiger partial charge in [-0.1, -0.05) is 71.4 Å². The molecule has 4 rings (SSSR count). The maximum absolute atomic E-state index is 12.0. The van der Waals surface area contributed by atoms with Gasteiger partial charge in [-0.2, -0.15) is 0 Å². The quantitative estimate of drug-likeness (QED) is 0.454. The van der Waals surface area contributed by atoms with E-state index in [9.17, 15) is 4.79 Å². The molecule has 0 aliphatic heterocycles. The van der Waals surface area contributed by atoms with E-state index in [4.69, 9.17) is 0 Å². The third-order valence-electron chi connectivity index (χ3n) is 9.37. The first kappa shape index (κ1) is 20.9. The molecule has 4 aliphatic carbocycles. The van der Waals surface area contributed by atoms with Gasteiger partial charge in [-0.25, -0.2) is 0 Å². The number of fused-ring (bicyclic) bond motifs is 4. The number of carbonyl (C=O) groups excluding carboxylic acids is 1. The third-order valence-corrected chi connectivity index (χ3v) is 9.37. The zero-order valence-corrected chi connectivity index (χ0v) is 19.4. The molecular weight excluding hydrogens is 352 g/mol. The number of rotatable bonds is 4. The molecule has 0 aromatic carbocycles. The first-order chi connectivity index (χ1) is 13.7. The molecular formula is C28H40O. The average molecular weight is 393 g/mol. The van der Waals surface area contributed by atoms with Crippen LogP contribution < -0.4 is 0 Å². The van der Waals surface area contributed by atoms with Crippen molar-refractivity contribution in [1.82, 2.24) is 0 Å². The molecule has 0 saturated heterocycles. The highest BCUT2D eigenvalue weighted by atomic mass is 16.1. The van der Waals surface area contributed by atoms with Gasteiger partial charge in [0, 0.05) is 6.42 Å². The molecule has 0 N–H and O–H groups in total. The molecule has 4 aliphatic rings. The molecule has 1 heteroatoms. The Labute approximate surface area is 178 Å². The number of hydrogen-bond acceptors (Lipinski definition) is 1. The summed E-state index contributed by atoms with van der Waals surface area (Å²) in [5.74, 6) is 3.69. The maximum atomic E-state index is 12.0. The second-order valence-electron chi connectivity index (χ2n) is 11.3. The smallest absolute Gasteiger partial charge is 0.156 e. The van der Waals surface area contributed by atoms with E-state index < -0.39 is 0 Å². The Morgan fingerprint density at radius 2 is 1.72 bits per heavy atom. The molecule has 0 spiro atoms. The number of ketones is 1. The summed E-state index contributed by atoms with van der Waals surface area (Å²) in [7, 11) is 0. The van der Waals surface area contributed by atoms with E-state index in [1.165, 1.54) is 31.3 Å². The zero-order valence-electron chi connectivity index (χ0n) is 19.4. The van der Waals surface area contributed by atoms with Crippen LogP contribution in [0.15, 0.2) is 47.1 Å². The van der Waals surface area contributed by atoms with E-state index in [-0.39, 0.29) is 5.41 Å². The Bertz CT molecular complexity index is 806. The van der Waals surface area contributed by atoms with Crippen molar-refractivity contribution in [2.24, 2.45) is 40.4 Å². The lowest BCUT2D eigenvalue weighted by Gasteiger charge is -2.51. The van der Waals surface area contributed by atoms with Crippen molar-refractivity contribution in [3.8, 4) is 0 Å². The molecule has 0 unspecified atom stereocenters. The lowest BCUT2D eigenvalue weighted by atomic mass is 9.53. The van der Waals surface area contributed by atoms with Crippen LogP contribution in [0.2, 0.25) is 0 Å². The third kappa shape index (κ3) is 3.33. The van der Waals surface area contributed by atoms with Crippen LogP contribution in [0, 0.1) is 40.4 Å². The van der Waals surface area contributed by atoms with Crippen molar-refractivity contribution < 1.29 is 4.79 Å². The van der Waals surface area contributed by atoms with Gasteiger partial charge in [0.25, 0.3) is 0 Å². The summed E-state index contributed by atoms with van der Waals surface area (Å²) in [5.41, 5.74) is 5.21. The fraction of sp³-hybridized carbons (Fsp3) is 0.679. The maximum Gasteiger partial charge on any atom is 0.156 e. The van der Waals surface area contributed by atoms with Crippen LogP contribution in [0.3, 0.4) is 0 Å².